The number of amides is 1. The van der Waals surface area contributed by atoms with E-state index in [1.165, 1.54) is 0 Å². The van der Waals surface area contributed by atoms with Gasteiger partial charge in [-0.25, -0.2) is 4.98 Å². The summed E-state index contributed by atoms with van der Waals surface area (Å²) in [6.07, 6.45) is 3.69. The molecule has 1 aromatic heterocycles. The van der Waals surface area contributed by atoms with Gasteiger partial charge in [-0.3, -0.25) is 4.79 Å². The Hall–Kier alpha value is -1.11. The summed E-state index contributed by atoms with van der Waals surface area (Å²) in [7, 11) is 0. The number of hydrogen-bond acceptors (Lipinski definition) is 4. The molecule has 2 rings (SSSR count). The minimum atomic E-state index is -0.224. The van der Waals surface area contributed by atoms with Gasteiger partial charge in [-0.1, -0.05) is 31.9 Å². The molecule has 1 aliphatic rings. The summed E-state index contributed by atoms with van der Waals surface area (Å²) < 4.78 is 5.89. The summed E-state index contributed by atoms with van der Waals surface area (Å²) in [5.74, 6) is 0.0466. The molecule has 7 heteroatoms. The number of H-pyrrole nitrogens is 1. The van der Waals surface area contributed by atoms with Crippen molar-refractivity contribution in [1.82, 2.24) is 20.6 Å². The van der Waals surface area contributed by atoms with Crippen LogP contribution in [0.25, 0.3) is 0 Å². The number of nitrogens with one attached hydrogen (secondary N) is 3. The maximum atomic E-state index is 12.3. The van der Waals surface area contributed by atoms with Gasteiger partial charge in [0.25, 0.3) is 5.91 Å². The quantitative estimate of drug-likeness (QED) is 0.668. The minimum absolute atomic E-state index is 0.000305. The second kappa shape index (κ2) is 8.50. The molecule has 0 aromatic carbocycles. The molecule has 124 valence electrons. The Morgan fingerprint density at radius 1 is 1.50 bits per heavy atom. The number of ether oxygens (including phenoxy) is 1. The Bertz CT molecular complexity index is 492. The number of hydrogen-bond donors (Lipinski definition) is 3. The molecule has 0 radical (unpaired) electrons. The zero-order valence-corrected chi connectivity index (χ0v) is 14.0. The van der Waals surface area contributed by atoms with Crippen LogP contribution in [0, 0.1) is 0 Å². The molecule has 2 heterocycles. The molecule has 3 N–H and O–H groups in total. The van der Waals surface area contributed by atoms with Crippen LogP contribution in [0.1, 0.15) is 49.4 Å². The molecular weight excluding hydrogens is 304 g/mol. The largest absolute Gasteiger partial charge is 0.375 e. The Labute approximate surface area is 136 Å². The van der Waals surface area contributed by atoms with E-state index in [1.54, 1.807) is 0 Å². The van der Waals surface area contributed by atoms with Crippen LogP contribution in [-0.2, 0) is 11.2 Å². The third-order valence-corrected chi connectivity index (χ3v) is 4.18. The topological polar surface area (TPSA) is 79.0 Å². The first-order chi connectivity index (χ1) is 10.7. The number of aromatic amines is 1. The summed E-state index contributed by atoms with van der Waals surface area (Å²) in [6.45, 7) is 6.45. The van der Waals surface area contributed by atoms with Crippen LogP contribution in [0.5, 0.6) is 0 Å². The van der Waals surface area contributed by atoms with Crippen LogP contribution in [0.2, 0.25) is 5.15 Å². The van der Waals surface area contributed by atoms with Gasteiger partial charge in [-0.2, -0.15) is 0 Å². The van der Waals surface area contributed by atoms with Crippen LogP contribution < -0.4 is 10.6 Å². The fourth-order valence-corrected chi connectivity index (χ4v) is 2.78. The molecule has 0 bridgehead atoms. The number of carbonyl (C=O) groups is 1. The lowest BCUT2D eigenvalue weighted by atomic mass is 10.0. The number of aryl methyl sites for hydroxylation is 1. The SMILES string of the molecule is CCCCOC1CNCCC1NC(=O)c1nc(Cl)c(CC)[nH]1. The van der Waals surface area contributed by atoms with Gasteiger partial charge in [0.05, 0.1) is 17.8 Å². The second-order valence-electron chi connectivity index (χ2n) is 5.54. The molecule has 0 aliphatic carbocycles. The van der Waals surface area contributed by atoms with Crippen molar-refractivity contribution in [3.8, 4) is 0 Å². The number of piperidine rings is 1. The van der Waals surface area contributed by atoms with Crippen molar-refractivity contribution in [2.45, 2.75) is 51.7 Å². The average Bonchev–Trinajstić information content (AvgIpc) is 2.90. The number of carbonyl (C=O) groups excluding carboxylic acids is 1. The van der Waals surface area contributed by atoms with Crippen molar-refractivity contribution >= 4 is 17.5 Å². The van der Waals surface area contributed by atoms with Crippen molar-refractivity contribution in [3.05, 3.63) is 16.7 Å². The van der Waals surface area contributed by atoms with Crippen molar-refractivity contribution in [3.63, 3.8) is 0 Å². The van der Waals surface area contributed by atoms with E-state index in [0.29, 0.717) is 5.15 Å². The van der Waals surface area contributed by atoms with Crippen LogP contribution >= 0.6 is 11.6 Å². The van der Waals surface area contributed by atoms with E-state index in [2.05, 4.69) is 27.5 Å². The van der Waals surface area contributed by atoms with E-state index in [4.69, 9.17) is 16.3 Å². The van der Waals surface area contributed by atoms with Crippen molar-refractivity contribution in [2.24, 2.45) is 0 Å². The van der Waals surface area contributed by atoms with Gasteiger partial charge >= 0.3 is 0 Å². The highest BCUT2D eigenvalue weighted by Crippen LogP contribution is 2.14. The first-order valence-electron chi connectivity index (χ1n) is 8.03. The molecule has 2 unspecified atom stereocenters. The van der Waals surface area contributed by atoms with Crippen molar-refractivity contribution in [2.75, 3.05) is 19.7 Å². The Balaban J connectivity index is 1.95. The zero-order chi connectivity index (χ0) is 15.9. The lowest BCUT2D eigenvalue weighted by Gasteiger charge is -2.32. The zero-order valence-electron chi connectivity index (χ0n) is 13.2. The average molecular weight is 329 g/mol. The van der Waals surface area contributed by atoms with E-state index in [9.17, 15) is 4.79 Å². The van der Waals surface area contributed by atoms with E-state index < -0.39 is 0 Å². The number of imidazole rings is 1. The van der Waals surface area contributed by atoms with Crippen LogP contribution in [0.4, 0.5) is 0 Å². The summed E-state index contributed by atoms with van der Waals surface area (Å²) in [4.78, 5) is 19.4. The molecule has 1 amide bonds. The van der Waals surface area contributed by atoms with Gasteiger partial charge < -0.3 is 20.4 Å². The third kappa shape index (κ3) is 4.44. The molecule has 0 spiro atoms. The number of rotatable bonds is 7. The van der Waals surface area contributed by atoms with Gasteiger partial charge in [-0.15, -0.1) is 0 Å². The highest BCUT2D eigenvalue weighted by Gasteiger charge is 2.28. The molecule has 1 aromatic rings. The highest BCUT2D eigenvalue weighted by molar-refractivity contribution is 6.30. The van der Waals surface area contributed by atoms with Crippen LogP contribution in [-0.4, -0.2) is 47.7 Å². The molecular formula is C15H25ClN4O2. The summed E-state index contributed by atoms with van der Waals surface area (Å²) >= 11 is 5.99. The van der Waals surface area contributed by atoms with Gasteiger partial charge in [0.15, 0.2) is 11.0 Å². The first kappa shape index (κ1) is 17.2. The van der Waals surface area contributed by atoms with Gasteiger partial charge in [0.1, 0.15) is 0 Å². The van der Waals surface area contributed by atoms with Gasteiger partial charge in [0, 0.05) is 13.2 Å². The highest BCUT2D eigenvalue weighted by atomic mass is 35.5. The number of unbranched alkanes of at least 4 members (excludes halogenated alkanes) is 1. The van der Waals surface area contributed by atoms with Crippen molar-refractivity contribution < 1.29 is 9.53 Å². The predicted molar refractivity (Wildman–Crippen MR) is 86.4 cm³/mol. The predicted octanol–water partition coefficient (Wildman–Crippen LogP) is 1.90. The van der Waals surface area contributed by atoms with Gasteiger partial charge in [0.2, 0.25) is 0 Å². The minimum Gasteiger partial charge on any atom is -0.375 e. The van der Waals surface area contributed by atoms with E-state index in [-0.39, 0.29) is 23.9 Å². The van der Waals surface area contributed by atoms with Gasteiger partial charge in [-0.05, 0) is 25.8 Å². The van der Waals surface area contributed by atoms with E-state index in [1.807, 2.05) is 6.92 Å². The fraction of sp³-hybridized carbons (Fsp3) is 0.733. The summed E-state index contributed by atoms with van der Waals surface area (Å²) in [5.41, 5.74) is 0.785. The molecule has 2 atom stereocenters. The lowest BCUT2D eigenvalue weighted by molar-refractivity contribution is 0.0125. The fourth-order valence-electron chi connectivity index (χ4n) is 2.52. The Morgan fingerprint density at radius 2 is 2.32 bits per heavy atom. The molecule has 22 heavy (non-hydrogen) atoms. The molecule has 6 nitrogen and oxygen atoms in total. The molecule has 1 saturated heterocycles. The Morgan fingerprint density at radius 3 is 3.00 bits per heavy atom. The molecule has 1 aliphatic heterocycles. The van der Waals surface area contributed by atoms with E-state index >= 15 is 0 Å². The smallest absolute Gasteiger partial charge is 0.287 e. The maximum absolute atomic E-state index is 12.3. The first-order valence-corrected chi connectivity index (χ1v) is 8.41. The monoisotopic (exact) mass is 328 g/mol. The van der Waals surface area contributed by atoms with Crippen LogP contribution in [0.3, 0.4) is 0 Å². The molecule has 0 saturated carbocycles. The van der Waals surface area contributed by atoms with Crippen LogP contribution in [0.15, 0.2) is 0 Å². The maximum Gasteiger partial charge on any atom is 0.287 e. The summed E-state index contributed by atoms with van der Waals surface area (Å²) in [5, 5.41) is 6.70. The van der Waals surface area contributed by atoms with E-state index in [0.717, 1.165) is 51.1 Å². The number of halogens is 1. The summed E-state index contributed by atoms with van der Waals surface area (Å²) in [6, 6.07) is -0.000409. The standard InChI is InChI=1S/C15H25ClN4O2/c1-3-5-8-22-12-9-17-7-6-11(12)19-15(21)14-18-10(4-2)13(16)20-14/h11-12,17H,3-9H2,1-2H3,(H,18,20)(H,19,21). The molecule has 1 fully saturated rings. The number of nitrogens with zero attached hydrogens (tertiary/aromatic N) is 1. The van der Waals surface area contributed by atoms with Crippen molar-refractivity contribution in [1.29, 1.82) is 0 Å². The number of aromatic nitrogens is 2. The normalized spacial score (nSPS) is 21.8. The Kier molecular flexibility index (Phi) is 6.67. The second-order valence-corrected chi connectivity index (χ2v) is 5.90. The third-order valence-electron chi connectivity index (χ3n) is 3.87. The lowest BCUT2D eigenvalue weighted by Crippen LogP contribution is -2.54.